The Labute approximate surface area is 115 Å². The van der Waals surface area contributed by atoms with Crippen molar-refractivity contribution in [2.75, 3.05) is 0 Å². The van der Waals surface area contributed by atoms with E-state index in [1.807, 2.05) is 24.3 Å². The van der Waals surface area contributed by atoms with Crippen molar-refractivity contribution in [1.82, 2.24) is 15.3 Å². The van der Waals surface area contributed by atoms with Crippen LogP contribution < -0.4 is 5.32 Å². The zero-order valence-corrected chi connectivity index (χ0v) is 10.6. The van der Waals surface area contributed by atoms with Gasteiger partial charge in [-0.1, -0.05) is 24.3 Å². The lowest BCUT2D eigenvalue weighted by atomic mass is 10.1. The van der Waals surface area contributed by atoms with Crippen molar-refractivity contribution in [2.24, 2.45) is 0 Å². The third kappa shape index (κ3) is 2.33. The van der Waals surface area contributed by atoms with E-state index in [1.165, 1.54) is 0 Å². The Morgan fingerprint density at radius 2 is 2.00 bits per heavy atom. The molecule has 0 bridgehead atoms. The molecule has 20 heavy (non-hydrogen) atoms. The molecule has 0 unspecified atom stereocenters. The molecule has 0 atom stereocenters. The maximum Gasteiger partial charge on any atom is 0.255 e. The zero-order chi connectivity index (χ0) is 13.9. The van der Waals surface area contributed by atoms with Crippen LogP contribution >= 0.6 is 0 Å². The predicted octanol–water partition coefficient (Wildman–Crippen LogP) is 2.20. The Hall–Kier alpha value is -2.82. The molecule has 0 aliphatic rings. The number of phenolic OH excluding ortho intramolecular Hbond substituents is 1. The molecule has 1 aromatic heterocycles. The van der Waals surface area contributed by atoms with Crippen LogP contribution in [0.25, 0.3) is 10.8 Å². The summed E-state index contributed by atoms with van der Waals surface area (Å²) >= 11 is 0. The number of carbonyl (C=O) groups excluding carboxylic acids is 1. The lowest BCUT2D eigenvalue weighted by Gasteiger charge is -2.07. The molecule has 1 amide bonds. The second kappa shape index (κ2) is 5.05. The normalized spacial score (nSPS) is 10.6. The molecule has 1 heterocycles. The molecule has 3 rings (SSSR count). The highest BCUT2D eigenvalue weighted by Gasteiger charge is 2.12. The Morgan fingerprint density at radius 1 is 1.25 bits per heavy atom. The number of aromatic amines is 1. The molecule has 0 saturated heterocycles. The number of benzene rings is 2. The number of amides is 1. The van der Waals surface area contributed by atoms with Crippen molar-refractivity contribution in [3.8, 4) is 5.75 Å². The second-order valence-electron chi connectivity index (χ2n) is 4.44. The fourth-order valence-corrected chi connectivity index (χ4v) is 2.06. The van der Waals surface area contributed by atoms with Gasteiger partial charge in [-0.15, -0.1) is 0 Å². The number of hydrogen-bond acceptors (Lipinski definition) is 3. The van der Waals surface area contributed by atoms with Gasteiger partial charge in [0, 0.05) is 12.4 Å². The molecule has 0 saturated carbocycles. The summed E-state index contributed by atoms with van der Waals surface area (Å²) in [6, 6.07) is 10.8. The van der Waals surface area contributed by atoms with Crippen molar-refractivity contribution in [3.05, 3.63) is 60.2 Å². The third-order valence-corrected chi connectivity index (χ3v) is 3.08. The van der Waals surface area contributed by atoms with E-state index in [1.54, 1.807) is 24.5 Å². The van der Waals surface area contributed by atoms with Gasteiger partial charge in [0.15, 0.2) is 0 Å². The molecule has 5 heteroatoms. The SMILES string of the molecule is O=C(NCc1ncc[nH]1)c1cc2ccccc2cc1O. The first-order valence-electron chi connectivity index (χ1n) is 6.22. The van der Waals surface area contributed by atoms with Gasteiger partial charge in [-0.05, 0) is 22.9 Å². The molecule has 0 radical (unpaired) electrons. The average molecular weight is 267 g/mol. The van der Waals surface area contributed by atoms with Crippen molar-refractivity contribution >= 4 is 16.7 Å². The number of nitrogens with one attached hydrogen (secondary N) is 2. The molecule has 0 aliphatic heterocycles. The Balaban J connectivity index is 1.85. The van der Waals surface area contributed by atoms with Gasteiger partial charge in [0.25, 0.3) is 5.91 Å². The van der Waals surface area contributed by atoms with Crippen molar-refractivity contribution < 1.29 is 9.90 Å². The summed E-state index contributed by atoms with van der Waals surface area (Å²) in [6.45, 7) is 0.290. The summed E-state index contributed by atoms with van der Waals surface area (Å²) in [4.78, 5) is 19.0. The van der Waals surface area contributed by atoms with E-state index in [2.05, 4.69) is 15.3 Å². The van der Waals surface area contributed by atoms with Crippen molar-refractivity contribution in [2.45, 2.75) is 6.54 Å². The summed E-state index contributed by atoms with van der Waals surface area (Å²) in [6.07, 6.45) is 3.31. The summed E-state index contributed by atoms with van der Waals surface area (Å²) < 4.78 is 0. The van der Waals surface area contributed by atoms with Crippen LogP contribution in [-0.4, -0.2) is 21.0 Å². The Bertz CT molecular complexity index is 751. The van der Waals surface area contributed by atoms with Crippen LogP contribution in [0.5, 0.6) is 5.75 Å². The monoisotopic (exact) mass is 267 g/mol. The Kier molecular flexibility index (Phi) is 3.09. The van der Waals surface area contributed by atoms with Crippen LogP contribution in [0.1, 0.15) is 16.2 Å². The van der Waals surface area contributed by atoms with E-state index in [0.29, 0.717) is 5.82 Å². The van der Waals surface area contributed by atoms with E-state index in [4.69, 9.17) is 0 Å². The smallest absolute Gasteiger partial charge is 0.255 e. The van der Waals surface area contributed by atoms with Gasteiger partial charge in [-0.25, -0.2) is 4.98 Å². The van der Waals surface area contributed by atoms with Crippen LogP contribution in [0.15, 0.2) is 48.8 Å². The van der Waals surface area contributed by atoms with E-state index >= 15 is 0 Å². The minimum absolute atomic E-state index is 0.0272. The molecule has 5 nitrogen and oxygen atoms in total. The average Bonchev–Trinajstić information content (AvgIpc) is 2.97. The highest BCUT2D eigenvalue weighted by molar-refractivity contribution is 6.01. The number of fused-ring (bicyclic) bond motifs is 1. The number of nitrogens with zero attached hydrogens (tertiary/aromatic N) is 1. The zero-order valence-electron chi connectivity index (χ0n) is 10.6. The van der Waals surface area contributed by atoms with Gasteiger partial charge in [0.2, 0.25) is 0 Å². The topological polar surface area (TPSA) is 78.0 Å². The van der Waals surface area contributed by atoms with Crippen molar-refractivity contribution in [3.63, 3.8) is 0 Å². The van der Waals surface area contributed by atoms with E-state index < -0.39 is 0 Å². The van der Waals surface area contributed by atoms with Crippen LogP contribution in [0.2, 0.25) is 0 Å². The number of aromatic hydroxyl groups is 1. The largest absolute Gasteiger partial charge is 0.507 e. The van der Waals surface area contributed by atoms with Gasteiger partial charge in [-0.2, -0.15) is 0 Å². The maximum atomic E-state index is 12.1. The molecule has 0 fully saturated rings. The maximum absolute atomic E-state index is 12.1. The van der Waals surface area contributed by atoms with Crippen LogP contribution in [0, 0.1) is 0 Å². The lowest BCUT2D eigenvalue weighted by Crippen LogP contribution is -2.23. The number of carbonyl (C=O) groups is 1. The predicted molar refractivity (Wildman–Crippen MR) is 75.4 cm³/mol. The third-order valence-electron chi connectivity index (χ3n) is 3.08. The highest BCUT2D eigenvalue weighted by atomic mass is 16.3. The van der Waals surface area contributed by atoms with Gasteiger partial charge in [-0.3, -0.25) is 4.79 Å². The molecule has 3 N–H and O–H groups in total. The number of phenols is 1. The van der Waals surface area contributed by atoms with Crippen molar-refractivity contribution in [1.29, 1.82) is 0 Å². The minimum Gasteiger partial charge on any atom is -0.507 e. The molecule has 0 spiro atoms. The molecule has 3 aromatic rings. The van der Waals surface area contributed by atoms with E-state index in [9.17, 15) is 9.90 Å². The summed E-state index contributed by atoms with van der Waals surface area (Å²) in [5, 5.41) is 14.5. The van der Waals surface area contributed by atoms with Crippen LogP contribution in [0.4, 0.5) is 0 Å². The first-order valence-corrected chi connectivity index (χ1v) is 6.22. The molecule has 100 valence electrons. The quantitative estimate of drug-likeness (QED) is 0.680. The molecular weight excluding hydrogens is 254 g/mol. The second-order valence-corrected chi connectivity index (χ2v) is 4.44. The Morgan fingerprint density at radius 3 is 2.70 bits per heavy atom. The van der Waals surface area contributed by atoms with Gasteiger partial charge < -0.3 is 15.4 Å². The minimum atomic E-state index is -0.329. The van der Waals surface area contributed by atoms with Crippen LogP contribution in [0.3, 0.4) is 0 Å². The van der Waals surface area contributed by atoms with Gasteiger partial charge in [0.1, 0.15) is 11.6 Å². The van der Waals surface area contributed by atoms with Gasteiger partial charge >= 0.3 is 0 Å². The number of imidazole rings is 1. The number of aromatic nitrogens is 2. The first kappa shape index (κ1) is 12.2. The molecule has 2 aromatic carbocycles. The summed E-state index contributed by atoms with van der Waals surface area (Å²) in [5.74, 6) is 0.309. The van der Waals surface area contributed by atoms with Gasteiger partial charge in [0.05, 0.1) is 12.1 Å². The molecule has 0 aliphatic carbocycles. The number of H-pyrrole nitrogens is 1. The van der Waals surface area contributed by atoms with E-state index in [0.717, 1.165) is 10.8 Å². The summed E-state index contributed by atoms with van der Waals surface area (Å²) in [7, 11) is 0. The highest BCUT2D eigenvalue weighted by Crippen LogP contribution is 2.24. The number of rotatable bonds is 3. The first-order chi connectivity index (χ1) is 9.74. The number of hydrogen-bond donors (Lipinski definition) is 3. The van der Waals surface area contributed by atoms with E-state index in [-0.39, 0.29) is 23.8 Å². The summed E-state index contributed by atoms with van der Waals surface area (Å²) in [5.41, 5.74) is 0.259. The lowest BCUT2D eigenvalue weighted by molar-refractivity contribution is 0.0947. The fourth-order valence-electron chi connectivity index (χ4n) is 2.06. The fraction of sp³-hybridized carbons (Fsp3) is 0.0667. The molecular formula is C15H13N3O2. The standard InChI is InChI=1S/C15H13N3O2/c19-13-8-11-4-2-1-3-10(11)7-12(13)15(20)18-9-14-16-5-6-17-14/h1-8,19H,9H2,(H,16,17)(H,18,20). The van der Waals surface area contributed by atoms with Crippen LogP contribution in [-0.2, 0) is 6.54 Å².